The quantitative estimate of drug-likeness (QED) is 0.452. The van der Waals surface area contributed by atoms with E-state index in [0.29, 0.717) is 11.4 Å². The molecule has 0 saturated heterocycles. The molecule has 28 heavy (non-hydrogen) atoms. The summed E-state index contributed by atoms with van der Waals surface area (Å²) >= 11 is 0. The lowest BCUT2D eigenvalue weighted by atomic mass is 10.00. The third-order valence-corrected chi connectivity index (χ3v) is 4.83. The highest BCUT2D eigenvalue weighted by Crippen LogP contribution is 2.33. The number of nitrogens with zero attached hydrogens (tertiary/aromatic N) is 4. The summed E-state index contributed by atoms with van der Waals surface area (Å²) in [5.74, 6) is -0.251. The van der Waals surface area contributed by atoms with Crippen molar-refractivity contribution >= 4 is 33.4 Å². The van der Waals surface area contributed by atoms with Crippen LogP contribution < -0.4 is 5.32 Å². The predicted octanol–water partition coefficient (Wildman–Crippen LogP) is 3.40. The Labute approximate surface area is 159 Å². The first-order valence-corrected chi connectivity index (χ1v) is 8.81. The van der Waals surface area contributed by atoms with Crippen molar-refractivity contribution in [3.63, 3.8) is 0 Å². The predicted molar refractivity (Wildman–Crippen MR) is 107 cm³/mol. The number of fused-ring (bicyclic) bond motifs is 2. The molecular weight excluding hydrogens is 354 g/mol. The van der Waals surface area contributed by atoms with Gasteiger partial charge in [0.25, 0.3) is 5.91 Å². The molecule has 0 aliphatic rings. The van der Waals surface area contributed by atoms with Gasteiger partial charge in [-0.15, -0.1) is 0 Å². The second-order valence-electron chi connectivity index (χ2n) is 6.78. The highest BCUT2D eigenvalue weighted by molar-refractivity contribution is 6.10. The molecule has 0 saturated carbocycles. The minimum absolute atomic E-state index is 0.251. The molecular formula is C20H17N7O. The second-order valence-corrected chi connectivity index (χ2v) is 6.78. The molecule has 0 fully saturated rings. The molecule has 1 amide bonds. The van der Waals surface area contributed by atoms with Crippen LogP contribution in [0.4, 0.5) is 5.69 Å². The first-order valence-electron chi connectivity index (χ1n) is 8.81. The molecule has 8 nitrogen and oxygen atoms in total. The zero-order chi connectivity index (χ0) is 19.3. The molecule has 0 aliphatic carbocycles. The smallest absolute Gasteiger partial charge is 0.276 e. The van der Waals surface area contributed by atoms with Gasteiger partial charge < -0.3 is 5.32 Å². The summed E-state index contributed by atoms with van der Waals surface area (Å²) in [6.07, 6.45) is 5.33. The van der Waals surface area contributed by atoms with Crippen molar-refractivity contribution in [2.75, 3.05) is 5.32 Å². The molecule has 0 unspecified atom stereocenters. The van der Waals surface area contributed by atoms with E-state index in [9.17, 15) is 4.79 Å². The van der Waals surface area contributed by atoms with Gasteiger partial charge in [0, 0.05) is 29.6 Å². The third-order valence-electron chi connectivity index (χ3n) is 4.83. The Morgan fingerprint density at radius 2 is 1.86 bits per heavy atom. The van der Waals surface area contributed by atoms with Crippen molar-refractivity contribution in [2.24, 2.45) is 7.05 Å². The number of aryl methyl sites for hydroxylation is 2. The number of aromatic nitrogens is 6. The zero-order valence-corrected chi connectivity index (χ0v) is 15.3. The largest absolute Gasteiger partial charge is 0.320 e. The van der Waals surface area contributed by atoms with Crippen molar-refractivity contribution in [3.05, 3.63) is 60.2 Å². The first-order chi connectivity index (χ1) is 13.6. The van der Waals surface area contributed by atoms with Crippen molar-refractivity contribution in [1.29, 1.82) is 0 Å². The third kappa shape index (κ3) is 2.54. The van der Waals surface area contributed by atoms with E-state index in [1.165, 1.54) is 0 Å². The molecule has 138 valence electrons. The summed E-state index contributed by atoms with van der Waals surface area (Å²) in [6, 6.07) is 9.96. The Morgan fingerprint density at radius 1 is 1.07 bits per heavy atom. The molecule has 3 heterocycles. The van der Waals surface area contributed by atoms with Crippen LogP contribution in [0.15, 0.2) is 48.9 Å². The summed E-state index contributed by atoms with van der Waals surface area (Å²) < 4.78 is 1.63. The molecule has 0 radical (unpaired) electrons. The van der Waals surface area contributed by atoms with Crippen LogP contribution in [0.1, 0.15) is 16.1 Å². The Morgan fingerprint density at radius 3 is 2.64 bits per heavy atom. The summed E-state index contributed by atoms with van der Waals surface area (Å²) in [7, 11) is 1.80. The van der Waals surface area contributed by atoms with Crippen LogP contribution in [0.3, 0.4) is 0 Å². The Bertz CT molecular complexity index is 1340. The number of rotatable bonds is 3. The van der Waals surface area contributed by atoms with Gasteiger partial charge >= 0.3 is 0 Å². The van der Waals surface area contributed by atoms with E-state index in [2.05, 4.69) is 30.8 Å². The highest BCUT2D eigenvalue weighted by Gasteiger charge is 2.17. The number of nitrogens with one attached hydrogen (secondary N) is 3. The van der Waals surface area contributed by atoms with Crippen LogP contribution in [0.2, 0.25) is 0 Å². The number of anilines is 1. The van der Waals surface area contributed by atoms with Gasteiger partial charge in [0.05, 0.1) is 29.1 Å². The van der Waals surface area contributed by atoms with Crippen LogP contribution in [-0.4, -0.2) is 36.1 Å². The standard InChI is InChI=1S/C20H17N7O/c1-11-10-27(2)26-19(11)20(28)23-17-6-12(7-18-15(17)9-22-25-18)13-4-3-5-16-14(13)8-21-24-16/h3-10H,1-2H3,(H,21,24)(H,22,25)(H,23,28). The lowest BCUT2D eigenvalue weighted by molar-refractivity contribution is 0.102. The van der Waals surface area contributed by atoms with Gasteiger partial charge in [-0.1, -0.05) is 12.1 Å². The van der Waals surface area contributed by atoms with Gasteiger partial charge in [0.2, 0.25) is 0 Å². The van der Waals surface area contributed by atoms with E-state index in [0.717, 1.165) is 38.5 Å². The molecule has 5 rings (SSSR count). The maximum atomic E-state index is 12.8. The number of carbonyl (C=O) groups excluding carboxylic acids is 1. The molecule has 3 aromatic heterocycles. The number of amides is 1. The van der Waals surface area contributed by atoms with Gasteiger partial charge in [-0.25, -0.2) is 0 Å². The van der Waals surface area contributed by atoms with Crippen LogP contribution in [0, 0.1) is 6.92 Å². The molecule has 0 atom stereocenters. The van der Waals surface area contributed by atoms with Crippen LogP contribution in [0.5, 0.6) is 0 Å². The Kier molecular flexibility index (Phi) is 3.51. The molecule has 0 aliphatic heterocycles. The molecule has 0 spiro atoms. The summed E-state index contributed by atoms with van der Waals surface area (Å²) in [5.41, 5.74) is 5.67. The molecule has 5 aromatic rings. The van der Waals surface area contributed by atoms with Crippen molar-refractivity contribution < 1.29 is 4.79 Å². The lowest BCUT2D eigenvalue weighted by Crippen LogP contribution is -2.14. The number of aromatic amines is 2. The number of hydrogen-bond acceptors (Lipinski definition) is 4. The fraction of sp³-hybridized carbons (Fsp3) is 0.100. The minimum Gasteiger partial charge on any atom is -0.320 e. The monoisotopic (exact) mass is 371 g/mol. The van der Waals surface area contributed by atoms with Crippen molar-refractivity contribution in [1.82, 2.24) is 30.2 Å². The summed E-state index contributed by atoms with van der Waals surface area (Å²) in [4.78, 5) is 12.8. The molecule has 8 heteroatoms. The lowest BCUT2D eigenvalue weighted by Gasteiger charge is -2.10. The number of H-pyrrole nitrogens is 2. The fourth-order valence-corrected chi connectivity index (χ4v) is 3.54. The normalized spacial score (nSPS) is 11.4. The molecule has 0 bridgehead atoms. The summed E-state index contributed by atoms with van der Waals surface area (Å²) in [6.45, 7) is 1.87. The Balaban J connectivity index is 1.63. The number of hydrogen-bond donors (Lipinski definition) is 3. The number of benzene rings is 2. The van der Waals surface area contributed by atoms with Gasteiger partial charge in [-0.3, -0.25) is 19.7 Å². The highest BCUT2D eigenvalue weighted by atomic mass is 16.2. The van der Waals surface area contributed by atoms with E-state index in [-0.39, 0.29) is 5.91 Å². The Hall–Kier alpha value is -3.94. The zero-order valence-electron chi connectivity index (χ0n) is 15.3. The SMILES string of the molecule is Cc1cn(C)nc1C(=O)Nc1cc(-c2cccc3[nH]ncc23)cc2[nH]ncc12. The van der Waals surface area contributed by atoms with Gasteiger partial charge in [0.1, 0.15) is 0 Å². The minimum atomic E-state index is -0.251. The van der Waals surface area contributed by atoms with E-state index >= 15 is 0 Å². The average molecular weight is 371 g/mol. The van der Waals surface area contributed by atoms with Gasteiger partial charge in [-0.05, 0) is 36.2 Å². The molecule has 2 aromatic carbocycles. The number of carbonyl (C=O) groups is 1. The maximum Gasteiger partial charge on any atom is 0.276 e. The van der Waals surface area contributed by atoms with Crippen LogP contribution >= 0.6 is 0 Å². The van der Waals surface area contributed by atoms with Gasteiger partial charge in [0.15, 0.2) is 5.69 Å². The average Bonchev–Trinajstić information content (AvgIpc) is 3.40. The summed E-state index contributed by atoms with van der Waals surface area (Å²) in [5, 5.41) is 23.4. The van der Waals surface area contributed by atoms with E-state index < -0.39 is 0 Å². The van der Waals surface area contributed by atoms with E-state index in [4.69, 9.17) is 0 Å². The van der Waals surface area contributed by atoms with Crippen molar-refractivity contribution in [3.8, 4) is 11.1 Å². The fourth-order valence-electron chi connectivity index (χ4n) is 3.54. The van der Waals surface area contributed by atoms with Crippen LogP contribution in [-0.2, 0) is 7.05 Å². The first kappa shape index (κ1) is 16.2. The maximum absolute atomic E-state index is 12.8. The van der Waals surface area contributed by atoms with E-state index in [1.807, 2.05) is 43.5 Å². The topological polar surface area (TPSA) is 104 Å². The van der Waals surface area contributed by atoms with Gasteiger partial charge in [-0.2, -0.15) is 15.3 Å². The second kappa shape index (κ2) is 6.05. The molecule has 3 N–H and O–H groups in total. The van der Waals surface area contributed by atoms with E-state index in [1.54, 1.807) is 24.1 Å². The van der Waals surface area contributed by atoms with Crippen LogP contribution in [0.25, 0.3) is 32.9 Å². The van der Waals surface area contributed by atoms with Crippen molar-refractivity contribution in [2.45, 2.75) is 6.92 Å².